The Morgan fingerprint density at radius 3 is 2.35 bits per heavy atom. The van der Waals surface area contributed by atoms with Gasteiger partial charge in [0.15, 0.2) is 0 Å². The molecule has 2 saturated carbocycles. The molecule has 124 valence electrons. The molecule has 1 amide bonds. The molecule has 0 bridgehead atoms. The number of likely N-dealkylation sites (tertiary alicyclic amines) is 1. The van der Waals surface area contributed by atoms with Crippen molar-refractivity contribution in [2.24, 2.45) is 5.92 Å². The van der Waals surface area contributed by atoms with Crippen molar-refractivity contribution in [1.82, 2.24) is 10.2 Å². The zero-order chi connectivity index (χ0) is 15.9. The summed E-state index contributed by atoms with van der Waals surface area (Å²) in [6, 6.07) is 8.94. The van der Waals surface area contributed by atoms with Crippen LogP contribution in [0.25, 0.3) is 0 Å². The second-order valence-corrected chi connectivity index (χ2v) is 8.42. The number of carbonyl (C=O) groups is 1. The number of carbonyl (C=O) groups excluding carboxylic acids is 1. The van der Waals surface area contributed by atoms with E-state index in [2.05, 4.69) is 50.4 Å². The Balaban J connectivity index is 1.35. The van der Waals surface area contributed by atoms with Crippen LogP contribution in [-0.4, -0.2) is 36.5 Å². The van der Waals surface area contributed by atoms with Gasteiger partial charge in [-0.25, -0.2) is 0 Å². The average Bonchev–Trinajstić information content (AvgIpc) is 3.48. The first kappa shape index (κ1) is 15.6. The summed E-state index contributed by atoms with van der Waals surface area (Å²) in [6.07, 6.45) is 7.03. The Labute approximate surface area is 146 Å². The topological polar surface area (TPSA) is 32.3 Å². The third kappa shape index (κ3) is 3.34. The maximum Gasteiger partial charge on any atom is 0.233 e. The number of hydrogen-bond donors (Lipinski definition) is 1. The van der Waals surface area contributed by atoms with Gasteiger partial charge in [0, 0.05) is 23.6 Å². The Bertz CT molecular complexity index is 570. The van der Waals surface area contributed by atoms with Gasteiger partial charge in [0.1, 0.15) is 0 Å². The van der Waals surface area contributed by atoms with Crippen LogP contribution >= 0.6 is 15.9 Å². The minimum atomic E-state index is -0.213. The molecule has 3 aliphatic rings. The van der Waals surface area contributed by atoms with Crippen molar-refractivity contribution in [2.45, 2.75) is 50.0 Å². The number of hydrogen-bond acceptors (Lipinski definition) is 2. The van der Waals surface area contributed by atoms with Crippen LogP contribution < -0.4 is 5.32 Å². The van der Waals surface area contributed by atoms with Gasteiger partial charge >= 0.3 is 0 Å². The first-order chi connectivity index (χ1) is 11.2. The molecule has 1 saturated heterocycles. The second-order valence-electron chi connectivity index (χ2n) is 7.51. The van der Waals surface area contributed by atoms with Crippen molar-refractivity contribution in [1.29, 1.82) is 0 Å². The molecule has 3 fully saturated rings. The molecule has 0 atom stereocenters. The lowest BCUT2D eigenvalue weighted by Gasteiger charge is -2.35. The zero-order valence-corrected chi connectivity index (χ0v) is 15.1. The number of rotatable bonds is 5. The van der Waals surface area contributed by atoms with Gasteiger partial charge < -0.3 is 10.2 Å². The smallest absolute Gasteiger partial charge is 0.233 e. The Kier molecular flexibility index (Phi) is 4.22. The summed E-state index contributed by atoms with van der Waals surface area (Å²) in [5, 5.41) is 3.69. The summed E-state index contributed by atoms with van der Waals surface area (Å²) in [4.78, 5) is 15.2. The number of halogens is 1. The molecule has 23 heavy (non-hydrogen) atoms. The summed E-state index contributed by atoms with van der Waals surface area (Å²) in [5.41, 5.74) is 0.981. The van der Waals surface area contributed by atoms with E-state index in [1.807, 2.05) is 0 Å². The first-order valence-corrected chi connectivity index (χ1v) is 9.75. The van der Waals surface area contributed by atoms with E-state index in [4.69, 9.17) is 0 Å². The largest absolute Gasteiger partial charge is 0.342 e. The number of piperidine rings is 1. The maximum atomic E-state index is 13.0. The highest BCUT2D eigenvalue weighted by molar-refractivity contribution is 9.10. The fourth-order valence-electron chi connectivity index (χ4n) is 3.76. The number of nitrogens with one attached hydrogen (secondary N) is 1. The van der Waals surface area contributed by atoms with Gasteiger partial charge in [0.05, 0.1) is 5.41 Å². The van der Waals surface area contributed by atoms with Gasteiger partial charge in [-0.2, -0.15) is 0 Å². The standard InChI is InChI=1S/C19H25BrN2O/c20-16-5-3-15(4-6-16)19(9-10-19)18(23)22-11-7-17(8-12-22)21-13-14-1-2-14/h3-6,14,17,21H,1-2,7-13H2. The van der Waals surface area contributed by atoms with E-state index in [1.165, 1.54) is 24.9 Å². The third-order valence-electron chi connectivity index (χ3n) is 5.73. The van der Waals surface area contributed by atoms with E-state index >= 15 is 0 Å². The highest BCUT2D eigenvalue weighted by Crippen LogP contribution is 2.50. The molecule has 4 heteroatoms. The van der Waals surface area contributed by atoms with Crippen molar-refractivity contribution >= 4 is 21.8 Å². The van der Waals surface area contributed by atoms with Gasteiger partial charge in [-0.3, -0.25) is 4.79 Å². The Morgan fingerprint density at radius 1 is 1.13 bits per heavy atom. The van der Waals surface area contributed by atoms with Crippen LogP contribution in [0.2, 0.25) is 0 Å². The zero-order valence-electron chi connectivity index (χ0n) is 13.6. The third-order valence-corrected chi connectivity index (χ3v) is 6.26. The molecule has 1 heterocycles. The molecular weight excluding hydrogens is 352 g/mol. The Hall–Kier alpha value is -0.870. The van der Waals surface area contributed by atoms with Crippen LogP contribution in [0.15, 0.2) is 28.7 Å². The highest BCUT2D eigenvalue weighted by Gasteiger charge is 2.53. The molecule has 1 aromatic rings. The normalized spacial score (nSPS) is 23.8. The van der Waals surface area contributed by atoms with Crippen molar-refractivity contribution in [2.75, 3.05) is 19.6 Å². The maximum absolute atomic E-state index is 13.0. The van der Waals surface area contributed by atoms with E-state index in [-0.39, 0.29) is 5.41 Å². The SMILES string of the molecule is O=C(N1CCC(NCC2CC2)CC1)C1(c2ccc(Br)cc2)CC1. The first-order valence-electron chi connectivity index (χ1n) is 8.96. The van der Waals surface area contributed by atoms with Crippen LogP contribution in [0.1, 0.15) is 44.1 Å². The van der Waals surface area contributed by atoms with E-state index in [9.17, 15) is 4.79 Å². The summed E-state index contributed by atoms with van der Waals surface area (Å²) in [7, 11) is 0. The van der Waals surface area contributed by atoms with E-state index in [1.54, 1.807) is 0 Å². The minimum absolute atomic E-state index is 0.213. The summed E-state index contributed by atoms with van der Waals surface area (Å²) in [5.74, 6) is 1.29. The molecule has 4 rings (SSSR count). The number of benzene rings is 1. The van der Waals surface area contributed by atoms with E-state index < -0.39 is 0 Å². The second kappa shape index (κ2) is 6.21. The van der Waals surface area contributed by atoms with Gasteiger partial charge in [-0.1, -0.05) is 28.1 Å². The van der Waals surface area contributed by atoms with Crippen LogP contribution in [0.3, 0.4) is 0 Å². The predicted molar refractivity (Wildman–Crippen MR) is 95.4 cm³/mol. The molecule has 0 unspecified atom stereocenters. The summed E-state index contributed by atoms with van der Waals surface area (Å²) < 4.78 is 1.08. The van der Waals surface area contributed by atoms with Crippen LogP contribution in [0.5, 0.6) is 0 Å². The van der Waals surface area contributed by atoms with Crippen molar-refractivity contribution in [3.05, 3.63) is 34.3 Å². The molecule has 0 radical (unpaired) electrons. The fraction of sp³-hybridized carbons (Fsp3) is 0.632. The lowest BCUT2D eigenvalue weighted by Crippen LogP contribution is -2.48. The van der Waals surface area contributed by atoms with Crippen molar-refractivity contribution in [3.8, 4) is 0 Å². The van der Waals surface area contributed by atoms with Gasteiger partial charge in [0.2, 0.25) is 5.91 Å². The lowest BCUT2D eigenvalue weighted by molar-refractivity contribution is -0.135. The number of amides is 1. The lowest BCUT2D eigenvalue weighted by atomic mass is 9.93. The van der Waals surface area contributed by atoms with Gasteiger partial charge in [0.25, 0.3) is 0 Å². The van der Waals surface area contributed by atoms with E-state index in [0.717, 1.165) is 49.2 Å². The summed E-state index contributed by atoms with van der Waals surface area (Å²) in [6.45, 7) is 3.01. The Morgan fingerprint density at radius 2 is 1.78 bits per heavy atom. The van der Waals surface area contributed by atoms with Gasteiger partial charge in [-0.15, -0.1) is 0 Å². The molecule has 1 aliphatic heterocycles. The molecule has 3 nitrogen and oxygen atoms in total. The monoisotopic (exact) mass is 376 g/mol. The van der Waals surface area contributed by atoms with Crippen LogP contribution in [0.4, 0.5) is 0 Å². The van der Waals surface area contributed by atoms with Crippen molar-refractivity contribution < 1.29 is 4.79 Å². The average molecular weight is 377 g/mol. The summed E-state index contributed by atoms with van der Waals surface area (Å²) >= 11 is 3.48. The molecular formula is C19H25BrN2O. The molecule has 2 aliphatic carbocycles. The predicted octanol–water partition coefficient (Wildman–Crippen LogP) is 3.47. The van der Waals surface area contributed by atoms with Gasteiger partial charge in [-0.05, 0) is 68.7 Å². The van der Waals surface area contributed by atoms with Crippen LogP contribution in [-0.2, 0) is 10.2 Å². The van der Waals surface area contributed by atoms with E-state index in [0.29, 0.717) is 11.9 Å². The molecule has 1 aromatic carbocycles. The number of nitrogens with zero attached hydrogens (tertiary/aromatic N) is 1. The minimum Gasteiger partial charge on any atom is -0.342 e. The highest BCUT2D eigenvalue weighted by atomic mass is 79.9. The van der Waals surface area contributed by atoms with Crippen molar-refractivity contribution in [3.63, 3.8) is 0 Å². The molecule has 0 spiro atoms. The van der Waals surface area contributed by atoms with Crippen LogP contribution in [0, 0.1) is 5.92 Å². The molecule has 0 aromatic heterocycles. The quantitative estimate of drug-likeness (QED) is 0.852. The molecule has 1 N–H and O–H groups in total. The fourth-order valence-corrected chi connectivity index (χ4v) is 4.03.